The van der Waals surface area contributed by atoms with Gasteiger partial charge in [0.05, 0.1) is 7.11 Å². The Kier molecular flexibility index (Phi) is 5.84. The predicted octanol–water partition coefficient (Wildman–Crippen LogP) is 2.49. The highest BCUT2D eigenvalue weighted by atomic mass is 16.5. The molecule has 1 saturated heterocycles. The van der Waals surface area contributed by atoms with Gasteiger partial charge in [0, 0.05) is 32.4 Å². The fourth-order valence-electron chi connectivity index (χ4n) is 2.74. The Morgan fingerprint density at radius 3 is 2.42 bits per heavy atom. The minimum Gasteiger partial charge on any atom is -0.493 e. The molecule has 1 fully saturated rings. The summed E-state index contributed by atoms with van der Waals surface area (Å²) >= 11 is 0. The second-order valence-corrected chi connectivity index (χ2v) is 5.71. The van der Waals surface area contributed by atoms with E-state index in [4.69, 9.17) is 9.47 Å². The smallest absolute Gasteiger partial charge is 0.348 e. The molecule has 6 nitrogen and oxygen atoms in total. The third kappa shape index (κ3) is 3.88. The number of rotatable bonds is 6. The number of para-hydroxylation sites is 2. The SMILES string of the molecule is C/C=C/CC(=O)N1CCC(Oc2ccccc2OC)(C(=O)O)CC1. The summed E-state index contributed by atoms with van der Waals surface area (Å²) in [4.78, 5) is 25.6. The number of hydrogen-bond donors (Lipinski definition) is 1. The Bertz CT molecular complexity index is 618. The number of carboxylic acid groups (broad SMARTS) is 1. The highest BCUT2D eigenvalue weighted by molar-refractivity contribution is 5.80. The molecule has 1 amide bonds. The molecule has 0 unspecified atom stereocenters. The number of amides is 1. The van der Waals surface area contributed by atoms with Gasteiger partial charge in [0.2, 0.25) is 11.5 Å². The van der Waals surface area contributed by atoms with E-state index in [0.29, 0.717) is 31.0 Å². The van der Waals surface area contributed by atoms with E-state index >= 15 is 0 Å². The molecule has 0 aromatic heterocycles. The first-order valence-corrected chi connectivity index (χ1v) is 7.97. The molecular formula is C18H23NO5. The number of nitrogens with zero attached hydrogens (tertiary/aromatic N) is 1. The van der Waals surface area contributed by atoms with Gasteiger partial charge in [-0.05, 0) is 19.1 Å². The van der Waals surface area contributed by atoms with E-state index in [1.54, 1.807) is 35.2 Å². The summed E-state index contributed by atoms with van der Waals surface area (Å²) < 4.78 is 11.1. The number of ether oxygens (including phenoxy) is 2. The molecule has 2 rings (SSSR count). The van der Waals surface area contributed by atoms with E-state index in [-0.39, 0.29) is 18.7 Å². The Morgan fingerprint density at radius 2 is 1.88 bits per heavy atom. The van der Waals surface area contributed by atoms with Gasteiger partial charge in [0.25, 0.3) is 0 Å². The summed E-state index contributed by atoms with van der Waals surface area (Å²) in [5.41, 5.74) is -1.34. The van der Waals surface area contributed by atoms with Crippen molar-refractivity contribution >= 4 is 11.9 Å². The topological polar surface area (TPSA) is 76.1 Å². The second kappa shape index (κ2) is 7.86. The standard InChI is InChI=1S/C18H23NO5/c1-3-4-9-16(20)19-12-10-18(11-13-19,17(21)22)24-15-8-6-5-7-14(15)23-2/h3-8H,9-13H2,1-2H3,(H,21,22)/b4-3+. The normalized spacial score (nSPS) is 16.8. The minimum absolute atomic E-state index is 0.00406. The van der Waals surface area contributed by atoms with Gasteiger partial charge in [-0.15, -0.1) is 0 Å². The zero-order valence-electron chi connectivity index (χ0n) is 14.0. The van der Waals surface area contributed by atoms with E-state index in [2.05, 4.69) is 0 Å². The van der Waals surface area contributed by atoms with Crippen molar-refractivity contribution in [3.05, 3.63) is 36.4 Å². The molecule has 0 atom stereocenters. The average molecular weight is 333 g/mol. The molecular weight excluding hydrogens is 310 g/mol. The second-order valence-electron chi connectivity index (χ2n) is 5.71. The lowest BCUT2D eigenvalue weighted by Crippen LogP contribution is -2.54. The number of likely N-dealkylation sites (tertiary alicyclic amines) is 1. The molecule has 1 heterocycles. The summed E-state index contributed by atoms with van der Waals surface area (Å²) in [6.07, 6.45) is 4.44. The minimum atomic E-state index is -1.34. The quantitative estimate of drug-likeness (QED) is 0.810. The Morgan fingerprint density at radius 1 is 1.25 bits per heavy atom. The number of benzene rings is 1. The Hall–Kier alpha value is -2.50. The fourth-order valence-corrected chi connectivity index (χ4v) is 2.74. The van der Waals surface area contributed by atoms with E-state index in [0.717, 1.165) is 0 Å². The van der Waals surface area contributed by atoms with E-state index < -0.39 is 11.6 Å². The van der Waals surface area contributed by atoms with Crippen LogP contribution in [0.25, 0.3) is 0 Å². The summed E-state index contributed by atoms with van der Waals surface area (Å²) in [5.74, 6) is -0.126. The van der Waals surface area contributed by atoms with Crippen LogP contribution in [-0.4, -0.2) is 47.7 Å². The van der Waals surface area contributed by atoms with Gasteiger partial charge < -0.3 is 19.5 Å². The van der Waals surface area contributed by atoms with Crippen molar-refractivity contribution in [1.82, 2.24) is 4.90 Å². The van der Waals surface area contributed by atoms with Gasteiger partial charge >= 0.3 is 5.97 Å². The van der Waals surface area contributed by atoms with Gasteiger partial charge in [-0.3, -0.25) is 4.79 Å². The van der Waals surface area contributed by atoms with Crippen molar-refractivity contribution in [2.45, 2.75) is 31.8 Å². The third-order valence-electron chi connectivity index (χ3n) is 4.22. The molecule has 0 aliphatic carbocycles. The van der Waals surface area contributed by atoms with Gasteiger partial charge in [0.15, 0.2) is 11.5 Å². The van der Waals surface area contributed by atoms with E-state index in [1.807, 2.05) is 13.0 Å². The maximum absolute atomic E-state index is 12.1. The monoisotopic (exact) mass is 333 g/mol. The van der Waals surface area contributed by atoms with Crippen molar-refractivity contribution in [1.29, 1.82) is 0 Å². The number of carbonyl (C=O) groups is 2. The van der Waals surface area contributed by atoms with Crippen LogP contribution < -0.4 is 9.47 Å². The molecule has 0 radical (unpaired) electrons. The van der Waals surface area contributed by atoms with Crippen molar-refractivity contribution in [2.75, 3.05) is 20.2 Å². The lowest BCUT2D eigenvalue weighted by atomic mass is 9.90. The van der Waals surface area contributed by atoms with Crippen LogP contribution >= 0.6 is 0 Å². The number of aliphatic carboxylic acids is 1. The molecule has 6 heteroatoms. The number of piperidine rings is 1. The maximum Gasteiger partial charge on any atom is 0.348 e. The van der Waals surface area contributed by atoms with Crippen LogP contribution in [0.1, 0.15) is 26.2 Å². The number of methoxy groups -OCH3 is 1. The van der Waals surface area contributed by atoms with Crippen LogP contribution in [0.15, 0.2) is 36.4 Å². The van der Waals surface area contributed by atoms with Crippen molar-refractivity contribution in [3.8, 4) is 11.5 Å². The highest BCUT2D eigenvalue weighted by Gasteiger charge is 2.45. The number of carboxylic acids is 1. The number of carbonyl (C=O) groups excluding carboxylic acids is 1. The van der Waals surface area contributed by atoms with Gasteiger partial charge in [-0.25, -0.2) is 4.79 Å². The first kappa shape index (κ1) is 17.8. The van der Waals surface area contributed by atoms with Crippen LogP contribution in [0.5, 0.6) is 11.5 Å². The molecule has 0 bridgehead atoms. The lowest BCUT2D eigenvalue weighted by Gasteiger charge is -2.39. The zero-order chi connectivity index (χ0) is 17.6. The summed E-state index contributed by atoms with van der Waals surface area (Å²) in [5, 5.41) is 9.70. The van der Waals surface area contributed by atoms with E-state index in [1.165, 1.54) is 7.11 Å². The molecule has 1 aliphatic heterocycles. The molecule has 0 spiro atoms. The number of allylic oxidation sites excluding steroid dienone is 1. The van der Waals surface area contributed by atoms with Gasteiger partial charge in [-0.2, -0.15) is 0 Å². The van der Waals surface area contributed by atoms with Gasteiger partial charge in [-0.1, -0.05) is 24.3 Å². The Labute approximate surface area is 141 Å². The predicted molar refractivity (Wildman–Crippen MR) is 89.2 cm³/mol. The van der Waals surface area contributed by atoms with Crippen molar-refractivity contribution in [2.24, 2.45) is 0 Å². The summed E-state index contributed by atoms with van der Waals surface area (Å²) in [7, 11) is 1.51. The third-order valence-corrected chi connectivity index (χ3v) is 4.22. The number of hydrogen-bond acceptors (Lipinski definition) is 4. The largest absolute Gasteiger partial charge is 0.493 e. The fraction of sp³-hybridized carbons (Fsp3) is 0.444. The molecule has 1 N–H and O–H groups in total. The summed E-state index contributed by atoms with van der Waals surface area (Å²) in [6.45, 7) is 2.58. The highest BCUT2D eigenvalue weighted by Crippen LogP contribution is 2.34. The Balaban J connectivity index is 2.11. The van der Waals surface area contributed by atoms with Crippen molar-refractivity contribution in [3.63, 3.8) is 0 Å². The van der Waals surface area contributed by atoms with Gasteiger partial charge in [0.1, 0.15) is 0 Å². The van der Waals surface area contributed by atoms with Crippen LogP contribution in [0.4, 0.5) is 0 Å². The molecule has 0 saturated carbocycles. The first-order valence-electron chi connectivity index (χ1n) is 7.97. The molecule has 1 aromatic rings. The molecule has 24 heavy (non-hydrogen) atoms. The molecule has 1 aliphatic rings. The molecule has 130 valence electrons. The van der Waals surface area contributed by atoms with Crippen LogP contribution in [0.3, 0.4) is 0 Å². The summed E-state index contributed by atoms with van der Waals surface area (Å²) in [6, 6.07) is 6.97. The van der Waals surface area contributed by atoms with E-state index in [9.17, 15) is 14.7 Å². The lowest BCUT2D eigenvalue weighted by molar-refractivity contribution is -0.161. The molecule has 1 aromatic carbocycles. The van der Waals surface area contributed by atoms with Crippen molar-refractivity contribution < 1.29 is 24.2 Å². The first-order chi connectivity index (χ1) is 11.5. The van der Waals surface area contributed by atoms with Crippen LogP contribution in [0, 0.1) is 0 Å². The van der Waals surface area contributed by atoms with Crippen LogP contribution in [-0.2, 0) is 9.59 Å². The maximum atomic E-state index is 12.1. The zero-order valence-corrected chi connectivity index (χ0v) is 14.0. The average Bonchev–Trinajstić information content (AvgIpc) is 2.60. The van der Waals surface area contributed by atoms with Crippen LogP contribution in [0.2, 0.25) is 0 Å².